The SMILES string of the molecule is C=Cc1ccccc1[C@@H]1CCCN1C1CC2(CCN(C(=O)OC(C)(C)C)CC2)C1. The van der Waals surface area contributed by atoms with E-state index in [1.165, 1.54) is 43.4 Å². The number of piperidine rings is 1. The Morgan fingerprint density at radius 3 is 2.52 bits per heavy atom. The van der Waals surface area contributed by atoms with E-state index in [0.717, 1.165) is 25.9 Å². The van der Waals surface area contributed by atoms with Crippen LogP contribution in [0.25, 0.3) is 6.08 Å². The third kappa shape index (κ3) is 4.23. The number of rotatable bonds is 3. The molecule has 3 aliphatic rings. The molecule has 1 amide bonds. The van der Waals surface area contributed by atoms with Gasteiger partial charge in [-0.05, 0) is 82.4 Å². The summed E-state index contributed by atoms with van der Waals surface area (Å²) in [5.74, 6) is 0. The lowest BCUT2D eigenvalue weighted by Gasteiger charge is -2.55. The topological polar surface area (TPSA) is 32.8 Å². The Morgan fingerprint density at radius 1 is 1.17 bits per heavy atom. The van der Waals surface area contributed by atoms with Crippen molar-refractivity contribution in [1.82, 2.24) is 9.80 Å². The lowest BCUT2D eigenvalue weighted by Crippen LogP contribution is -2.55. The first kappa shape index (κ1) is 20.5. The number of ether oxygens (including phenoxy) is 1. The van der Waals surface area contributed by atoms with Crippen molar-refractivity contribution in [2.45, 2.75) is 77.0 Å². The van der Waals surface area contributed by atoms with Crippen molar-refractivity contribution in [1.29, 1.82) is 0 Å². The molecule has 4 heteroatoms. The van der Waals surface area contributed by atoms with Crippen LogP contribution in [0.4, 0.5) is 4.79 Å². The van der Waals surface area contributed by atoms with Crippen molar-refractivity contribution in [3.8, 4) is 0 Å². The van der Waals surface area contributed by atoms with Crippen molar-refractivity contribution in [2.75, 3.05) is 19.6 Å². The molecule has 0 bridgehead atoms. The van der Waals surface area contributed by atoms with E-state index in [0.29, 0.717) is 17.5 Å². The molecule has 2 heterocycles. The highest BCUT2D eigenvalue weighted by Crippen LogP contribution is 2.53. The number of amides is 1. The summed E-state index contributed by atoms with van der Waals surface area (Å²) in [7, 11) is 0. The molecular weight excluding hydrogens is 360 g/mol. The number of carbonyl (C=O) groups excluding carboxylic acids is 1. The predicted molar refractivity (Wildman–Crippen MR) is 118 cm³/mol. The quantitative estimate of drug-likeness (QED) is 0.662. The molecule has 4 rings (SSSR count). The Bertz CT molecular complexity index is 750. The Hall–Kier alpha value is -1.81. The number of benzene rings is 1. The number of hydrogen-bond donors (Lipinski definition) is 0. The van der Waals surface area contributed by atoms with Gasteiger partial charge in [-0.1, -0.05) is 36.9 Å². The van der Waals surface area contributed by atoms with Crippen LogP contribution in [-0.4, -0.2) is 47.2 Å². The molecule has 1 spiro atoms. The lowest BCUT2D eigenvalue weighted by molar-refractivity contribution is -0.0515. The summed E-state index contributed by atoms with van der Waals surface area (Å²) in [5.41, 5.74) is 2.75. The van der Waals surface area contributed by atoms with Crippen molar-refractivity contribution in [2.24, 2.45) is 5.41 Å². The first-order valence-electron chi connectivity index (χ1n) is 11.3. The number of carbonyl (C=O) groups is 1. The van der Waals surface area contributed by atoms with E-state index in [4.69, 9.17) is 4.74 Å². The van der Waals surface area contributed by atoms with Gasteiger partial charge in [0.05, 0.1) is 0 Å². The Kier molecular flexibility index (Phi) is 5.50. The van der Waals surface area contributed by atoms with E-state index < -0.39 is 5.60 Å². The average Bonchev–Trinajstić information content (AvgIpc) is 3.14. The molecule has 0 unspecified atom stereocenters. The largest absolute Gasteiger partial charge is 0.444 e. The van der Waals surface area contributed by atoms with Crippen LogP contribution in [0.3, 0.4) is 0 Å². The Balaban J connectivity index is 1.34. The minimum absolute atomic E-state index is 0.149. The van der Waals surface area contributed by atoms with E-state index in [9.17, 15) is 4.79 Å². The highest BCUT2D eigenvalue weighted by Gasteiger charge is 2.50. The maximum Gasteiger partial charge on any atom is 0.410 e. The van der Waals surface area contributed by atoms with E-state index in [1.54, 1.807) is 0 Å². The second-order valence-corrected chi connectivity index (χ2v) is 10.3. The normalized spacial score (nSPS) is 25.1. The molecule has 3 fully saturated rings. The molecule has 1 aliphatic carbocycles. The van der Waals surface area contributed by atoms with Crippen LogP contribution in [0.5, 0.6) is 0 Å². The fourth-order valence-corrected chi connectivity index (χ4v) is 5.63. The van der Waals surface area contributed by atoms with Gasteiger partial charge >= 0.3 is 6.09 Å². The summed E-state index contributed by atoms with van der Waals surface area (Å²) >= 11 is 0. The first-order chi connectivity index (χ1) is 13.8. The minimum Gasteiger partial charge on any atom is -0.444 e. The molecule has 0 aromatic heterocycles. The third-order valence-corrected chi connectivity index (χ3v) is 7.15. The van der Waals surface area contributed by atoms with Gasteiger partial charge in [-0.2, -0.15) is 0 Å². The van der Waals surface area contributed by atoms with Gasteiger partial charge in [0.1, 0.15) is 5.60 Å². The molecular formula is C25H36N2O2. The molecule has 2 saturated heterocycles. The molecule has 29 heavy (non-hydrogen) atoms. The van der Waals surface area contributed by atoms with Crippen LogP contribution >= 0.6 is 0 Å². The zero-order valence-electron chi connectivity index (χ0n) is 18.3. The highest BCUT2D eigenvalue weighted by atomic mass is 16.6. The lowest BCUT2D eigenvalue weighted by atomic mass is 9.60. The van der Waals surface area contributed by atoms with Crippen LogP contribution in [0, 0.1) is 5.41 Å². The van der Waals surface area contributed by atoms with E-state index in [-0.39, 0.29) is 6.09 Å². The van der Waals surface area contributed by atoms with Gasteiger partial charge in [-0.15, -0.1) is 0 Å². The summed E-state index contributed by atoms with van der Waals surface area (Å²) in [6.07, 6.45) is 9.18. The molecule has 1 aromatic rings. The van der Waals surface area contributed by atoms with Crippen LogP contribution in [-0.2, 0) is 4.74 Å². The molecule has 0 radical (unpaired) electrons. The first-order valence-corrected chi connectivity index (χ1v) is 11.3. The van der Waals surface area contributed by atoms with Gasteiger partial charge in [-0.3, -0.25) is 4.90 Å². The number of nitrogens with zero attached hydrogens (tertiary/aromatic N) is 2. The van der Waals surface area contributed by atoms with Crippen LogP contribution < -0.4 is 0 Å². The molecule has 1 saturated carbocycles. The molecule has 1 aromatic carbocycles. The van der Waals surface area contributed by atoms with Gasteiger partial charge in [0.25, 0.3) is 0 Å². The van der Waals surface area contributed by atoms with Crippen molar-refractivity contribution < 1.29 is 9.53 Å². The van der Waals surface area contributed by atoms with Crippen molar-refractivity contribution >= 4 is 12.2 Å². The molecule has 158 valence electrons. The minimum atomic E-state index is -0.416. The fourth-order valence-electron chi connectivity index (χ4n) is 5.63. The molecule has 4 nitrogen and oxygen atoms in total. The van der Waals surface area contributed by atoms with Gasteiger partial charge in [-0.25, -0.2) is 4.79 Å². The second kappa shape index (κ2) is 7.79. The highest BCUT2D eigenvalue weighted by molar-refractivity contribution is 5.68. The average molecular weight is 397 g/mol. The van der Waals surface area contributed by atoms with E-state index in [2.05, 4.69) is 35.7 Å². The predicted octanol–water partition coefficient (Wildman–Crippen LogP) is 5.65. The van der Waals surface area contributed by atoms with Gasteiger partial charge < -0.3 is 9.64 Å². The van der Waals surface area contributed by atoms with Gasteiger partial charge in [0, 0.05) is 25.2 Å². The standard InChI is InChI=1S/C25H36N2O2/c1-5-19-9-6-7-10-21(19)22-11-8-14-27(22)20-17-25(18-20)12-15-26(16-13-25)23(28)29-24(2,3)4/h5-7,9-10,20,22H,1,8,11-18H2,2-4H3/t22-/m0/s1. The maximum atomic E-state index is 12.4. The monoisotopic (exact) mass is 396 g/mol. The molecule has 1 atom stereocenters. The maximum absolute atomic E-state index is 12.4. The van der Waals surface area contributed by atoms with Crippen LogP contribution in [0.15, 0.2) is 30.8 Å². The summed E-state index contributed by atoms with van der Waals surface area (Å²) in [4.78, 5) is 17.0. The van der Waals surface area contributed by atoms with E-state index in [1.807, 2.05) is 31.7 Å². The summed E-state index contributed by atoms with van der Waals surface area (Å²) in [6, 6.07) is 9.97. The van der Waals surface area contributed by atoms with Gasteiger partial charge in [0.2, 0.25) is 0 Å². The zero-order chi connectivity index (χ0) is 20.6. The Morgan fingerprint density at radius 2 is 1.86 bits per heavy atom. The van der Waals surface area contributed by atoms with Crippen molar-refractivity contribution in [3.63, 3.8) is 0 Å². The summed E-state index contributed by atoms with van der Waals surface area (Å²) in [6.45, 7) is 12.7. The van der Waals surface area contributed by atoms with Crippen LogP contribution in [0.1, 0.15) is 76.5 Å². The third-order valence-electron chi connectivity index (χ3n) is 7.15. The summed E-state index contributed by atoms with van der Waals surface area (Å²) in [5, 5.41) is 0. The number of likely N-dealkylation sites (tertiary alicyclic amines) is 2. The number of hydrogen-bond acceptors (Lipinski definition) is 3. The smallest absolute Gasteiger partial charge is 0.410 e. The molecule has 2 aliphatic heterocycles. The Labute approximate surface area is 175 Å². The van der Waals surface area contributed by atoms with Gasteiger partial charge in [0.15, 0.2) is 0 Å². The second-order valence-electron chi connectivity index (χ2n) is 10.3. The van der Waals surface area contributed by atoms with Crippen molar-refractivity contribution in [3.05, 3.63) is 42.0 Å². The van der Waals surface area contributed by atoms with E-state index >= 15 is 0 Å². The fraction of sp³-hybridized carbons (Fsp3) is 0.640. The molecule has 0 N–H and O–H groups in total. The zero-order valence-corrected chi connectivity index (χ0v) is 18.3. The van der Waals surface area contributed by atoms with Crippen LogP contribution in [0.2, 0.25) is 0 Å². The summed E-state index contributed by atoms with van der Waals surface area (Å²) < 4.78 is 5.55.